The molecule has 0 atom stereocenters. The van der Waals surface area contributed by atoms with E-state index in [0.29, 0.717) is 13.1 Å². The zero-order valence-electron chi connectivity index (χ0n) is 18.9. The van der Waals surface area contributed by atoms with E-state index in [0.717, 1.165) is 61.1 Å². The number of ether oxygens (including phenoxy) is 1. The average molecular weight is 452 g/mol. The predicted molar refractivity (Wildman–Crippen MR) is 124 cm³/mol. The number of nitrogens with zero attached hydrogens (tertiary/aromatic N) is 1. The quantitative estimate of drug-likeness (QED) is 0.717. The summed E-state index contributed by atoms with van der Waals surface area (Å²) in [7, 11) is 1.63. The van der Waals surface area contributed by atoms with Gasteiger partial charge in [0.15, 0.2) is 0 Å². The Bertz CT molecular complexity index is 1040. The summed E-state index contributed by atoms with van der Waals surface area (Å²) in [5.74, 6) is 0.748. The van der Waals surface area contributed by atoms with E-state index >= 15 is 0 Å². The van der Waals surface area contributed by atoms with Crippen molar-refractivity contribution in [2.24, 2.45) is 11.3 Å². The number of carbonyl (C=O) groups excluding carboxylic acids is 2. The lowest BCUT2D eigenvalue weighted by atomic mass is 9.49. The highest BCUT2D eigenvalue weighted by Crippen LogP contribution is 2.59. The Kier molecular flexibility index (Phi) is 5.72. The van der Waals surface area contributed by atoms with Gasteiger partial charge in [-0.05, 0) is 85.4 Å². The number of carbonyl (C=O) groups is 2. The van der Waals surface area contributed by atoms with Crippen molar-refractivity contribution in [3.05, 3.63) is 59.4 Å². The Hall–Kier alpha value is -3.09. The number of benzene rings is 2. The third-order valence-electron chi connectivity index (χ3n) is 7.44. The van der Waals surface area contributed by atoms with Gasteiger partial charge in [0.05, 0.1) is 7.11 Å². The van der Waals surface area contributed by atoms with Crippen molar-refractivity contribution in [1.82, 2.24) is 10.6 Å². The van der Waals surface area contributed by atoms with Crippen molar-refractivity contribution in [3.8, 4) is 5.75 Å². The molecule has 2 aromatic rings. The minimum absolute atomic E-state index is 0.0332. The van der Waals surface area contributed by atoms with Crippen molar-refractivity contribution in [3.63, 3.8) is 0 Å². The van der Waals surface area contributed by atoms with Crippen LogP contribution in [0.4, 0.5) is 14.9 Å². The number of rotatable bonds is 5. The Morgan fingerprint density at radius 3 is 2.61 bits per heavy atom. The van der Waals surface area contributed by atoms with Crippen molar-refractivity contribution in [2.75, 3.05) is 18.6 Å². The standard InChI is InChI=1S/C26H30FN3O3/c1-33-22-7-4-17(5-8-22)16-28-25(32)29-21-14-26(15-21)12-19(13-26)24(31)30-10-2-3-18-11-20(27)6-9-23(18)30/h4-9,11,19,21H,2-3,10,12-16H2,1H3,(H2,28,29,32). The number of urea groups is 1. The highest BCUT2D eigenvalue weighted by atomic mass is 19.1. The van der Waals surface area contributed by atoms with Crippen molar-refractivity contribution >= 4 is 17.6 Å². The van der Waals surface area contributed by atoms with Gasteiger partial charge in [0.2, 0.25) is 5.91 Å². The van der Waals surface area contributed by atoms with Crippen molar-refractivity contribution in [1.29, 1.82) is 0 Å². The molecule has 2 fully saturated rings. The molecule has 5 rings (SSSR count). The summed E-state index contributed by atoms with van der Waals surface area (Å²) in [5.41, 5.74) is 3.00. The fraction of sp³-hybridized carbons (Fsp3) is 0.462. The van der Waals surface area contributed by atoms with Crippen molar-refractivity contribution in [2.45, 2.75) is 51.1 Å². The molecule has 0 bridgehead atoms. The van der Waals surface area contributed by atoms with Gasteiger partial charge >= 0.3 is 6.03 Å². The zero-order chi connectivity index (χ0) is 23.0. The van der Waals surface area contributed by atoms with Gasteiger partial charge in [-0.15, -0.1) is 0 Å². The molecule has 0 unspecified atom stereocenters. The third kappa shape index (κ3) is 4.41. The largest absolute Gasteiger partial charge is 0.497 e. The first-order valence-corrected chi connectivity index (χ1v) is 11.7. The van der Waals surface area contributed by atoms with E-state index in [4.69, 9.17) is 4.74 Å². The Balaban J connectivity index is 1.06. The van der Waals surface area contributed by atoms with Gasteiger partial charge in [0.25, 0.3) is 0 Å². The molecule has 174 valence electrons. The summed E-state index contributed by atoms with van der Waals surface area (Å²) in [4.78, 5) is 27.2. The predicted octanol–water partition coefficient (Wildman–Crippen LogP) is 4.17. The second-order valence-electron chi connectivity index (χ2n) is 9.75. The summed E-state index contributed by atoms with van der Waals surface area (Å²) in [6, 6.07) is 12.3. The van der Waals surface area contributed by atoms with E-state index in [1.54, 1.807) is 19.2 Å². The zero-order valence-corrected chi connectivity index (χ0v) is 18.9. The number of hydrogen-bond donors (Lipinski definition) is 2. The number of amides is 3. The molecule has 2 saturated carbocycles. The maximum absolute atomic E-state index is 13.6. The maximum atomic E-state index is 13.6. The lowest BCUT2D eigenvalue weighted by Crippen LogP contribution is -2.59. The number of fused-ring (bicyclic) bond motifs is 1. The Morgan fingerprint density at radius 1 is 1.12 bits per heavy atom. The van der Waals surface area contributed by atoms with Gasteiger partial charge in [-0.25, -0.2) is 9.18 Å². The summed E-state index contributed by atoms with van der Waals surface area (Å²) in [5, 5.41) is 5.96. The van der Waals surface area contributed by atoms with Gasteiger partial charge in [0, 0.05) is 30.7 Å². The van der Waals surface area contributed by atoms with Crippen LogP contribution in [0.3, 0.4) is 0 Å². The smallest absolute Gasteiger partial charge is 0.315 e. The van der Waals surface area contributed by atoms with E-state index in [-0.39, 0.29) is 35.1 Å². The van der Waals surface area contributed by atoms with Crippen LogP contribution in [0.2, 0.25) is 0 Å². The maximum Gasteiger partial charge on any atom is 0.315 e. The molecule has 1 aliphatic heterocycles. The van der Waals surface area contributed by atoms with E-state index in [1.807, 2.05) is 29.2 Å². The van der Waals surface area contributed by atoms with Crippen LogP contribution in [0.15, 0.2) is 42.5 Å². The minimum Gasteiger partial charge on any atom is -0.497 e. The molecule has 1 heterocycles. The molecule has 3 amide bonds. The molecular formula is C26H30FN3O3. The first kappa shape index (κ1) is 21.7. The molecule has 6 nitrogen and oxygen atoms in total. The van der Waals surface area contributed by atoms with Gasteiger partial charge < -0.3 is 20.3 Å². The number of hydrogen-bond acceptors (Lipinski definition) is 3. The Labute approximate surface area is 193 Å². The fourth-order valence-corrected chi connectivity index (χ4v) is 5.76. The van der Waals surface area contributed by atoms with E-state index in [2.05, 4.69) is 10.6 Å². The lowest BCUT2D eigenvalue weighted by Gasteiger charge is -2.57. The first-order chi connectivity index (χ1) is 15.9. The highest BCUT2D eigenvalue weighted by molar-refractivity contribution is 5.96. The summed E-state index contributed by atoms with van der Waals surface area (Å²) in [6.45, 7) is 1.17. The summed E-state index contributed by atoms with van der Waals surface area (Å²) < 4.78 is 18.7. The molecular weight excluding hydrogens is 421 g/mol. The van der Waals surface area contributed by atoms with Gasteiger partial charge in [-0.3, -0.25) is 4.79 Å². The molecule has 2 aromatic carbocycles. The number of aryl methyl sites for hydroxylation is 1. The summed E-state index contributed by atoms with van der Waals surface area (Å²) in [6.07, 6.45) is 5.30. The van der Waals surface area contributed by atoms with Crippen molar-refractivity contribution < 1.29 is 18.7 Å². The highest BCUT2D eigenvalue weighted by Gasteiger charge is 2.55. The minimum atomic E-state index is -0.244. The number of halogens is 1. The number of anilines is 1. The van der Waals surface area contributed by atoms with Gasteiger partial charge in [-0.1, -0.05) is 12.1 Å². The molecule has 0 radical (unpaired) electrons. The topological polar surface area (TPSA) is 70.7 Å². The lowest BCUT2D eigenvalue weighted by molar-refractivity contribution is -0.135. The second-order valence-corrected chi connectivity index (χ2v) is 9.75. The fourth-order valence-electron chi connectivity index (χ4n) is 5.76. The molecule has 7 heteroatoms. The van der Waals surface area contributed by atoms with E-state index in [9.17, 15) is 14.0 Å². The molecule has 1 spiro atoms. The number of methoxy groups -OCH3 is 1. The van der Waals surface area contributed by atoms with E-state index in [1.165, 1.54) is 6.07 Å². The van der Waals surface area contributed by atoms with Crippen LogP contribution >= 0.6 is 0 Å². The normalized spacial score (nSPS) is 25.5. The molecule has 2 aliphatic carbocycles. The second kappa shape index (κ2) is 8.69. The van der Waals surface area contributed by atoms with Crippen LogP contribution in [-0.2, 0) is 17.8 Å². The molecule has 3 aliphatic rings. The van der Waals surface area contributed by atoms with Gasteiger partial charge in [-0.2, -0.15) is 0 Å². The van der Waals surface area contributed by atoms with Crippen LogP contribution in [0.5, 0.6) is 5.75 Å². The number of nitrogens with one attached hydrogen (secondary N) is 2. The van der Waals surface area contributed by atoms with Crippen LogP contribution in [0, 0.1) is 17.2 Å². The SMILES string of the molecule is COc1ccc(CNC(=O)NC2CC3(C2)CC(C(=O)N2CCCc4cc(F)ccc42)C3)cc1. The van der Waals surface area contributed by atoms with Crippen LogP contribution in [-0.4, -0.2) is 31.6 Å². The van der Waals surface area contributed by atoms with Gasteiger partial charge in [0.1, 0.15) is 11.6 Å². The van der Waals surface area contributed by atoms with Crippen LogP contribution < -0.4 is 20.3 Å². The molecule has 0 saturated heterocycles. The Morgan fingerprint density at radius 2 is 1.88 bits per heavy atom. The van der Waals surface area contributed by atoms with Crippen LogP contribution in [0.25, 0.3) is 0 Å². The monoisotopic (exact) mass is 451 g/mol. The van der Waals surface area contributed by atoms with Crippen LogP contribution in [0.1, 0.15) is 43.2 Å². The molecule has 0 aromatic heterocycles. The first-order valence-electron chi connectivity index (χ1n) is 11.7. The average Bonchev–Trinajstić information content (AvgIpc) is 2.77. The molecule has 33 heavy (non-hydrogen) atoms. The third-order valence-corrected chi connectivity index (χ3v) is 7.44. The summed E-state index contributed by atoms with van der Waals surface area (Å²) >= 11 is 0. The van der Waals surface area contributed by atoms with E-state index < -0.39 is 0 Å². The molecule has 2 N–H and O–H groups in total.